The van der Waals surface area contributed by atoms with Crippen LogP contribution in [0.2, 0.25) is 0 Å². The Hall–Kier alpha value is -4.90. The average Bonchev–Trinajstić information content (AvgIpc) is 3.05. The number of benzene rings is 5. The predicted octanol–water partition coefficient (Wildman–Crippen LogP) is 7.95. The lowest BCUT2D eigenvalue weighted by molar-refractivity contribution is -0.143. The number of aliphatic hydroxyl groups is 1. The lowest BCUT2D eigenvalue weighted by Crippen LogP contribution is -2.42. The first kappa shape index (κ1) is 33.5. The summed E-state index contributed by atoms with van der Waals surface area (Å²) in [7, 11) is 1.23. The van der Waals surface area contributed by atoms with Crippen LogP contribution in [-0.4, -0.2) is 41.5 Å². The number of nitrogens with one attached hydrogen (secondary N) is 1. The maximum atomic E-state index is 13.5. The Bertz CT molecular complexity index is 1890. The average molecular weight is 653 g/mol. The predicted molar refractivity (Wildman–Crippen MR) is 167 cm³/mol. The number of rotatable bonds is 9. The molecule has 0 fully saturated rings. The summed E-state index contributed by atoms with van der Waals surface area (Å²) in [5.41, 5.74) is -2.79. The van der Waals surface area contributed by atoms with Crippen LogP contribution in [0.4, 0.5) is 26.3 Å². The van der Waals surface area contributed by atoms with Gasteiger partial charge in [-0.3, -0.25) is 9.59 Å². The molecule has 0 heterocycles. The molecule has 0 aliphatic heterocycles. The lowest BCUT2D eigenvalue weighted by atomic mass is 9.97. The third-order valence-electron chi connectivity index (χ3n) is 8.06. The highest BCUT2D eigenvalue weighted by Crippen LogP contribution is 2.37. The van der Waals surface area contributed by atoms with E-state index in [0.717, 1.165) is 26.4 Å². The Balaban J connectivity index is 1.39. The molecular formula is C36H30F6N2O3. The van der Waals surface area contributed by atoms with Gasteiger partial charge in [0.25, 0.3) is 5.91 Å². The molecule has 5 aromatic carbocycles. The van der Waals surface area contributed by atoms with E-state index in [0.29, 0.717) is 23.3 Å². The van der Waals surface area contributed by atoms with Gasteiger partial charge in [-0.15, -0.1) is 0 Å². The van der Waals surface area contributed by atoms with E-state index >= 15 is 0 Å². The maximum absolute atomic E-state index is 13.5. The van der Waals surface area contributed by atoms with E-state index in [2.05, 4.69) is 5.32 Å². The normalized spacial score (nSPS) is 13.4. The SMILES string of the molecule is CN(C(=O)c1cc(C(F)(F)F)cc(C(F)(F)F)c1)C(CC(=O)NCC(O)c1ccc2ccccc2c1)Cc1ccc2ccccc2c1. The molecule has 2 atom stereocenters. The molecule has 0 aromatic heterocycles. The molecule has 5 aromatic rings. The second-order valence-electron chi connectivity index (χ2n) is 11.4. The van der Waals surface area contributed by atoms with E-state index in [9.17, 15) is 41.0 Å². The fourth-order valence-corrected chi connectivity index (χ4v) is 5.46. The third-order valence-corrected chi connectivity index (χ3v) is 8.06. The van der Waals surface area contributed by atoms with Crippen LogP contribution >= 0.6 is 0 Å². The second-order valence-corrected chi connectivity index (χ2v) is 11.4. The molecule has 0 saturated carbocycles. The van der Waals surface area contributed by atoms with Crippen molar-refractivity contribution in [2.24, 2.45) is 0 Å². The molecule has 0 spiro atoms. The van der Waals surface area contributed by atoms with Crippen molar-refractivity contribution < 1.29 is 41.0 Å². The number of amides is 2. The monoisotopic (exact) mass is 652 g/mol. The molecule has 2 N–H and O–H groups in total. The van der Waals surface area contributed by atoms with Crippen molar-refractivity contribution in [2.75, 3.05) is 13.6 Å². The minimum Gasteiger partial charge on any atom is -0.387 e. The van der Waals surface area contributed by atoms with Crippen LogP contribution in [0.5, 0.6) is 0 Å². The minimum atomic E-state index is -5.13. The van der Waals surface area contributed by atoms with Crippen LogP contribution in [0.1, 0.15) is 45.1 Å². The summed E-state index contributed by atoms with van der Waals surface area (Å²) in [6, 6.07) is 25.6. The quantitative estimate of drug-likeness (QED) is 0.159. The van der Waals surface area contributed by atoms with Crippen molar-refractivity contribution >= 4 is 33.4 Å². The van der Waals surface area contributed by atoms with Gasteiger partial charge in [-0.05, 0) is 63.4 Å². The maximum Gasteiger partial charge on any atom is 0.416 e. The summed E-state index contributed by atoms with van der Waals surface area (Å²) in [6.07, 6.45) is -11.6. The van der Waals surface area contributed by atoms with Crippen molar-refractivity contribution in [1.82, 2.24) is 10.2 Å². The van der Waals surface area contributed by atoms with Crippen LogP contribution in [0, 0.1) is 0 Å². The van der Waals surface area contributed by atoms with Crippen LogP contribution < -0.4 is 5.32 Å². The number of aliphatic hydroxyl groups excluding tert-OH is 1. The summed E-state index contributed by atoms with van der Waals surface area (Å²) in [4.78, 5) is 27.7. The van der Waals surface area contributed by atoms with Gasteiger partial charge in [-0.1, -0.05) is 78.9 Å². The van der Waals surface area contributed by atoms with Crippen molar-refractivity contribution in [2.45, 2.75) is 37.3 Å². The standard InChI is InChI=1S/C36H30F6N2O3/c1-44(34(47)28-17-29(35(37,38)39)19-30(18-28)36(40,41)42)31(15-22-10-11-23-6-2-4-8-25(23)14-22)20-33(46)43-21-32(45)27-13-12-24-7-3-5-9-26(24)16-27/h2-14,16-19,31-32,45H,15,20-21H2,1H3,(H,43,46). The molecule has 244 valence electrons. The highest BCUT2D eigenvalue weighted by molar-refractivity contribution is 5.95. The molecule has 0 saturated heterocycles. The van der Waals surface area contributed by atoms with E-state index < -0.39 is 53.0 Å². The molecule has 2 unspecified atom stereocenters. The van der Waals surface area contributed by atoms with Gasteiger partial charge in [0.2, 0.25) is 5.91 Å². The summed E-state index contributed by atoms with van der Waals surface area (Å²) < 4.78 is 81.2. The van der Waals surface area contributed by atoms with Gasteiger partial charge in [0.15, 0.2) is 0 Å². The van der Waals surface area contributed by atoms with Gasteiger partial charge in [0.05, 0.1) is 17.2 Å². The van der Waals surface area contributed by atoms with Crippen molar-refractivity contribution in [3.8, 4) is 0 Å². The van der Waals surface area contributed by atoms with E-state index in [-0.39, 0.29) is 25.5 Å². The first-order chi connectivity index (χ1) is 22.2. The number of fused-ring (bicyclic) bond motifs is 2. The Morgan fingerprint density at radius 3 is 1.83 bits per heavy atom. The van der Waals surface area contributed by atoms with Crippen molar-refractivity contribution in [3.63, 3.8) is 0 Å². The smallest absolute Gasteiger partial charge is 0.387 e. The zero-order chi connectivity index (χ0) is 33.9. The first-order valence-electron chi connectivity index (χ1n) is 14.7. The zero-order valence-electron chi connectivity index (χ0n) is 25.1. The topological polar surface area (TPSA) is 69.6 Å². The van der Waals surface area contributed by atoms with E-state index in [1.807, 2.05) is 66.7 Å². The van der Waals surface area contributed by atoms with Gasteiger partial charge in [0, 0.05) is 31.6 Å². The molecule has 11 heteroatoms. The number of hydrogen-bond acceptors (Lipinski definition) is 3. The Morgan fingerprint density at radius 2 is 1.26 bits per heavy atom. The van der Waals surface area contributed by atoms with Crippen LogP contribution in [-0.2, 0) is 23.6 Å². The second kappa shape index (κ2) is 13.4. The number of carbonyl (C=O) groups is 2. The number of hydrogen-bond donors (Lipinski definition) is 2. The Labute approximate surface area is 266 Å². The summed E-state index contributed by atoms with van der Waals surface area (Å²) in [6.45, 7) is -0.167. The van der Waals surface area contributed by atoms with E-state index in [4.69, 9.17) is 0 Å². The van der Waals surface area contributed by atoms with Crippen molar-refractivity contribution in [1.29, 1.82) is 0 Å². The summed E-state index contributed by atoms with van der Waals surface area (Å²) in [5.74, 6) is -1.69. The molecule has 5 nitrogen and oxygen atoms in total. The summed E-state index contributed by atoms with van der Waals surface area (Å²) >= 11 is 0. The van der Waals surface area contributed by atoms with Gasteiger partial charge in [-0.2, -0.15) is 26.3 Å². The zero-order valence-corrected chi connectivity index (χ0v) is 25.1. The molecular weight excluding hydrogens is 622 g/mol. The minimum absolute atomic E-state index is 0.0440. The number of nitrogens with zero attached hydrogens (tertiary/aromatic N) is 1. The van der Waals surface area contributed by atoms with Gasteiger partial charge < -0.3 is 15.3 Å². The molecule has 5 rings (SSSR count). The fourth-order valence-electron chi connectivity index (χ4n) is 5.46. The molecule has 2 amide bonds. The fraction of sp³-hybridized carbons (Fsp3) is 0.222. The lowest BCUT2D eigenvalue weighted by Gasteiger charge is -2.29. The van der Waals surface area contributed by atoms with Gasteiger partial charge >= 0.3 is 12.4 Å². The third kappa shape index (κ3) is 8.10. The van der Waals surface area contributed by atoms with E-state index in [1.165, 1.54) is 7.05 Å². The van der Waals surface area contributed by atoms with Crippen molar-refractivity contribution in [3.05, 3.63) is 131 Å². The van der Waals surface area contributed by atoms with Crippen LogP contribution in [0.25, 0.3) is 21.5 Å². The molecule has 0 aliphatic rings. The largest absolute Gasteiger partial charge is 0.416 e. The first-order valence-corrected chi connectivity index (χ1v) is 14.7. The van der Waals surface area contributed by atoms with E-state index in [1.54, 1.807) is 18.2 Å². The van der Waals surface area contributed by atoms with Crippen LogP contribution in [0.15, 0.2) is 103 Å². The molecule has 0 bridgehead atoms. The number of halogens is 6. The van der Waals surface area contributed by atoms with Crippen LogP contribution in [0.3, 0.4) is 0 Å². The number of likely N-dealkylation sites (N-methyl/N-ethyl adjacent to an activating group) is 1. The summed E-state index contributed by atoms with van der Waals surface area (Å²) in [5, 5.41) is 17.1. The highest BCUT2D eigenvalue weighted by Gasteiger charge is 2.38. The molecule has 47 heavy (non-hydrogen) atoms. The number of carbonyl (C=O) groups excluding carboxylic acids is 2. The highest BCUT2D eigenvalue weighted by atomic mass is 19.4. The van der Waals surface area contributed by atoms with Gasteiger partial charge in [-0.25, -0.2) is 0 Å². The molecule has 0 radical (unpaired) electrons. The Kier molecular flexibility index (Phi) is 9.58. The molecule has 0 aliphatic carbocycles. The Morgan fingerprint density at radius 1 is 0.723 bits per heavy atom. The van der Waals surface area contributed by atoms with Gasteiger partial charge in [0.1, 0.15) is 0 Å². The number of alkyl halides is 6.